The lowest BCUT2D eigenvalue weighted by Crippen LogP contribution is -2.06. The Morgan fingerprint density at radius 3 is 2.67 bits per heavy atom. The molecule has 0 fully saturated rings. The molecule has 0 unspecified atom stereocenters. The number of halogens is 2. The van der Waals surface area contributed by atoms with Gasteiger partial charge < -0.3 is 10.5 Å². The minimum absolute atomic E-state index is 0.108. The molecule has 2 aromatic rings. The molecule has 2 N–H and O–H groups in total. The highest BCUT2D eigenvalue weighted by Crippen LogP contribution is 2.25. The topological polar surface area (TPSA) is 59.0 Å². The first kappa shape index (κ1) is 15.5. The Labute approximate surface area is 131 Å². The summed E-state index contributed by atoms with van der Waals surface area (Å²) >= 11 is 3.40. The number of nitrogens with zero attached hydrogens (tertiary/aromatic N) is 1. The molecule has 0 amide bonds. The lowest BCUT2D eigenvalue weighted by Gasteiger charge is -2.12. The third kappa shape index (κ3) is 4.03. The zero-order valence-corrected chi connectivity index (χ0v) is 12.9. The summed E-state index contributed by atoms with van der Waals surface area (Å²) in [6, 6.07) is 11.9. The van der Waals surface area contributed by atoms with Crippen molar-refractivity contribution in [2.24, 2.45) is 5.73 Å². The Kier molecular flexibility index (Phi) is 5.32. The molecule has 0 heterocycles. The van der Waals surface area contributed by atoms with Crippen molar-refractivity contribution in [2.75, 3.05) is 6.54 Å². The minimum atomic E-state index is -0.438. The predicted molar refractivity (Wildman–Crippen MR) is 82.3 cm³/mol. The van der Waals surface area contributed by atoms with Gasteiger partial charge in [0.2, 0.25) is 0 Å². The molecule has 0 spiro atoms. The first-order valence-electron chi connectivity index (χ1n) is 6.44. The van der Waals surface area contributed by atoms with Crippen LogP contribution >= 0.6 is 15.9 Å². The van der Waals surface area contributed by atoms with Gasteiger partial charge in [0.05, 0.1) is 11.6 Å². The van der Waals surface area contributed by atoms with E-state index in [1.807, 2.05) is 24.3 Å². The number of ether oxygens (including phenoxy) is 1. The molecule has 0 saturated heterocycles. The van der Waals surface area contributed by atoms with Crippen molar-refractivity contribution < 1.29 is 9.13 Å². The lowest BCUT2D eigenvalue weighted by atomic mass is 10.1. The molecule has 108 valence electrons. The van der Waals surface area contributed by atoms with Gasteiger partial charge in [-0.05, 0) is 48.9 Å². The number of nitrogens with two attached hydrogens (primary N) is 1. The molecule has 2 aromatic carbocycles. The second-order valence-corrected chi connectivity index (χ2v) is 5.41. The summed E-state index contributed by atoms with van der Waals surface area (Å²) in [6.07, 6.45) is 0.685. The summed E-state index contributed by atoms with van der Waals surface area (Å²) in [6.45, 7) is 0.620. The fourth-order valence-electron chi connectivity index (χ4n) is 1.93. The van der Waals surface area contributed by atoms with Crippen LogP contribution in [0.3, 0.4) is 0 Å². The van der Waals surface area contributed by atoms with E-state index in [1.165, 1.54) is 6.07 Å². The molecule has 0 bridgehead atoms. The molecule has 0 aliphatic carbocycles. The van der Waals surface area contributed by atoms with Gasteiger partial charge in [-0.15, -0.1) is 0 Å². The SMILES string of the molecule is N#Cc1ccc(COc2ccc(Br)cc2CCN)c(F)c1. The summed E-state index contributed by atoms with van der Waals surface area (Å²) < 4.78 is 20.4. The fraction of sp³-hybridized carbons (Fsp3) is 0.188. The summed E-state index contributed by atoms with van der Waals surface area (Å²) in [5.41, 5.74) is 7.26. The molecular formula is C16H14BrFN2O. The normalized spacial score (nSPS) is 10.2. The summed E-state index contributed by atoms with van der Waals surface area (Å²) in [7, 11) is 0. The van der Waals surface area contributed by atoms with Crippen LogP contribution in [-0.2, 0) is 13.0 Å². The zero-order chi connectivity index (χ0) is 15.2. The van der Waals surface area contributed by atoms with Crippen molar-refractivity contribution in [2.45, 2.75) is 13.0 Å². The second kappa shape index (κ2) is 7.21. The van der Waals surface area contributed by atoms with Gasteiger partial charge in [-0.1, -0.05) is 22.0 Å². The van der Waals surface area contributed by atoms with E-state index in [9.17, 15) is 4.39 Å². The number of hydrogen-bond donors (Lipinski definition) is 1. The fourth-order valence-corrected chi connectivity index (χ4v) is 2.34. The Bertz CT molecular complexity index is 682. The first-order valence-corrected chi connectivity index (χ1v) is 7.23. The lowest BCUT2D eigenvalue weighted by molar-refractivity contribution is 0.296. The molecule has 0 aromatic heterocycles. The van der Waals surface area contributed by atoms with Crippen molar-refractivity contribution in [1.82, 2.24) is 0 Å². The summed E-state index contributed by atoms with van der Waals surface area (Å²) in [5, 5.41) is 8.72. The maximum Gasteiger partial charge on any atom is 0.131 e. The van der Waals surface area contributed by atoms with Crippen molar-refractivity contribution >= 4 is 15.9 Å². The Hall–Kier alpha value is -1.90. The first-order chi connectivity index (χ1) is 10.1. The third-order valence-corrected chi connectivity index (χ3v) is 3.49. The van der Waals surface area contributed by atoms with Gasteiger partial charge in [-0.25, -0.2) is 4.39 Å². The van der Waals surface area contributed by atoms with Crippen LogP contribution in [0.2, 0.25) is 0 Å². The zero-order valence-electron chi connectivity index (χ0n) is 11.3. The van der Waals surface area contributed by atoms with Crippen LogP contribution in [0.4, 0.5) is 4.39 Å². The molecule has 5 heteroatoms. The van der Waals surface area contributed by atoms with Gasteiger partial charge in [0.1, 0.15) is 18.2 Å². The maximum absolute atomic E-state index is 13.8. The minimum Gasteiger partial charge on any atom is -0.489 e. The van der Waals surface area contributed by atoms with Gasteiger partial charge in [-0.3, -0.25) is 0 Å². The molecule has 0 atom stereocenters. The summed E-state index contributed by atoms with van der Waals surface area (Å²) in [5.74, 6) is 0.249. The predicted octanol–water partition coefficient (Wildman–Crippen LogP) is 3.54. The monoisotopic (exact) mass is 348 g/mol. The van der Waals surface area contributed by atoms with Crippen LogP contribution in [0, 0.1) is 17.1 Å². The molecule has 0 radical (unpaired) electrons. The number of hydrogen-bond acceptors (Lipinski definition) is 3. The molecule has 0 aliphatic heterocycles. The van der Waals surface area contributed by atoms with Gasteiger partial charge in [-0.2, -0.15) is 5.26 Å². The molecule has 2 rings (SSSR count). The van der Waals surface area contributed by atoms with Gasteiger partial charge in [0.15, 0.2) is 0 Å². The highest BCUT2D eigenvalue weighted by atomic mass is 79.9. The third-order valence-electron chi connectivity index (χ3n) is 3.00. The van der Waals surface area contributed by atoms with Crippen LogP contribution in [-0.4, -0.2) is 6.54 Å². The molecule has 21 heavy (non-hydrogen) atoms. The van der Waals surface area contributed by atoms with E-state index < -0.39 is 5.82 Å². The van der Waals surface area contributed by atoms with Crippen LogP contribution in [0.5, 0.6) is 5.75 Å². The molecule has 0 aliphatic rings. The van der Waals surface area contributed by atoms with E-state index >= 15 is 0 Å². The van der Waals surface area contributed by atoms with Crippen LogP contribution in [0.1, 0.15) is 16.7 Å². The van der Waals surface area contributed by atoms with Gasteiger partial charge in [0, 0.05) is 10.0 Å². The standard InChI is InChI=1S/C16H14BrFN2O/c17-14-3-4-16(12(8-14)5-6-19)21-10-13-2-1-11(9-20)7-15(13)18/h1-4,7-8H,5-6,10,19H2. The van der Waals surface area contributed by atoms with E-state index in [4.69, 9.17) is 15.7 Å². The number of rotatable bonds is 5. The Morgan fingerprint density at radius 2 is 2.00 bits per heavy atom. The van der Waals surface area contributed by atoms with Crippen LogP contribution < -0.4 is 10.5 Å². The van der Waals surface area contributed by atoms with Gasteiger partial charge >= 0.3 is 0 Å². The Balaban J connectivity index is 2.15. The van der Waals surface area contributed by atoms with Crippen molar-refractivity contribution in [3.05, 3.63) is 63.4 Å². The average Bonchev–Trinajstić information content (AvgIpc) is 2.48. The van der Waals surface area contributed by atoms with E-state index in [-0.39, 0.29) is 6.61 Å². The quantitative estimate of drug-likeness (QED) is 0.898. The number of nitriles is 1. The average molecular weight is 349 g/mol. The molecule has 3 nitrogen and oxygen atoms in total. The summed E-state index contributed by atoms with van der Waals surface area (Å²) in [4.78, 5) is 0. The van der Waals surface area contributed by atoms with Crippen LogP contribution in [0.15, 0.2) is 40.9 Å². The second-order valence-electron chi connectivity index (χ2n) is 4.50. The van der Waals surface area contributed by atoms with E-state index in [0.717, 1.165) is 10.0 Å². The van der Waals surface area contributed by atoms with Gasteiger partial charge in [0.25, 0.3) is 0 Å². The van der Waals surface area contributed by atoms with Crippen molar-refractivity contribution in [3.8, 4) is 11.8 Å². The van der Waals surface area contributed by atoms with Crippen molar-refractivity contribution in [1.29, 1.82) is 5.26 Å². The van der Waals surface area contributed by atoms with Crippen molar-refractivity contribution in [3.63, 3.8) is 0 Å². The van der Waals surface area contributed by atoms with E-state index in [0.29, 0.717) is 29.8 Å². The Morgan fingerprint density at radius 1 is 1.19 bits per heavy atom. The van der Waals surface area contributed by atoms with E-state index in [2.05, 4.69) is 15.9 Å². The van der Waals surface area contributed by atoms with E-state index in [1.54, 1.807) is 12.1 Å². The maximum atomic E-state index is 13.8. The molecular weight excluding hydrogens is 335 g/mol. The smallest absolute Gasteiger partial charge is 0.131 e. The number of benzene rings is 2. The molecule has 0 saturated carbocycles. The van der Waals surface area contributed by atoms with Crippen LogP contribution in [0.25, 0.3) is 0 Å². The highest BCUT2D eigenvalue weighted by Gasteiger charge is 2.08. The largest absolute Gasteiger partial charge is 0.489 e. The highest BCUT2D eigenvalue weighted by molar-refractivity contribution is 9.10.